The van der Waals surface area contributed by atoms with E-state index in [1.165, 1.54) is 5.56 Å². The molecule has 0 unspecified atom stereocenters. The zero-order chi connectivity index (χ0) is 21.6. The van der Waals surface area contributed by atoms with Crippen LogP contribution in [0.15, 0.2) is 36.4 Å². The third kappa shape index (κ3) is 5.48. The highest BCUT2D eigenvalue weighted by Gasteiger charge is 2.38. The maximum atomic E-state index is 11.6. The topological polar surface area (TPSA) is 60.4 Å². The van der Waals surface area contributed by atoms with Crippen LogP contribution in [-0.4, -0.2) is 57.8 Å². The number of hydrogen-bond acceptors (Lipinski definition) is 7. The van der Waals surface area contributed by atoms with Gasteiger partial charge in [-0.1, -0.05) is 30.3 Å². The van der Waals surface area contributed by atoms with E-state index in [0.29, 0.717) is 19.3 Å². The Kier molecular flexibility index (Phi) is 8.42. The smallest absolute Gasteiger partial charge is 0.192 e. The summed E-state index contributed by atoms with van der Waals surface area (Å²) < 4.78 is 21.7. The van der Waals surface area contributed by atoms with E-state index in [1.54, 1.807) is 39.8 Å². The van der Waals surface area contributed by atoms with Gasteiger partial charge in [0.1, 0.15) is 0 Å². The Labute approximate surface area is 183 Å². The number of ether oxygens (including phenoxy) is 4. The normalized spacial score (nSPS) is 17.2. The fraction of sp³-hybridized carbons (Fsp3) is 0.565. The molecule has 2 heterocycles. The largest absolute Gasteiger partial charge is 0.385 e. The van der Waals surface area contributed by atoms with E-state index >= 15 is 0 Å². The Bertz CT molecular complexity index is 765. The van der Waals surface area contributed by atoms with Gasteiger partial charge in [0, 0.05) is 59.4 Å². The summed E-state index contributed by atoms with van der Waals surface area (Å²) in [6.45, 7) is 2.58. The lowest BCUT2D eigenvalue weighted by Gasteiger charge is -2.39. The van der Waals surface area contributed by atoms with Gasteiger partial charge >= 0.3 is 0 Å². The predicted octanol–water partition coefficient (Wildman–Crippen LogP) is 3.68. The Hall–Kier alpha value is -1.32. The van der Waals surface area contributed by atoms with Crippen molar-refractivity contribution >= 4 is 11.3 Å². The summed E-state index contributed by atoms with van der Waals surface area (Å²) in [6, 6.07) is 12.5. The van der Waals surface area contributed by atoms with Gasteiger partial charge in [-0.05, 0) is 30.0 Å². The van der Waals surface area contributed by atoms with Gasteiger partial charge in [0.2, 0.25) is 0 Å². The highest BCUT2D eigenvalue weighted by atomic mass is 32.1. The van der Waals surface area contributed by atoms with Crippen LogP contribution in [0.3, 0.4) is 0 Å². The predicted molar refractivity (Wildman–Crippen MR) is 117 cm³/mol. The molecule has 0 aliphatic carbocycles. The van der Waals surface area contributed by atoms with Crippen molar-refractivity contribution in [1.82, 2.24) is 4.90 Å². The number of likely N-dealkylation sites (tertiary alicyclic amines) is 1. The molecule has 7 heteroatoms. The van der Waals surface area contributed by atoms with E-state index in [-0.39, 0.29) is 6.29 Å². The zero-order valence-electron chi connectivity index (χ0n) is 18.3. The summed E-state index contributed by atoms with van der Waals surface area (Å²) in [4.78, 5) is 4.39. The molecular weight excluding hydrogens is 402 g/mol. The number of methoxy groups -OCH3 is 4. The molecule has 1 fully saturated rings. The van der Waals surface area contributed by atoms with Crippen molar-refractivity contribution in [2.24, 2.45) is 0 Å². The van der Waals surface area contributed by atoms with E-state index in [2.05, 4.69) is 29.2 Å². The molecule has 166 valence electrons. The molecule has 6 nitrogen and oxygen atoms in total. The maximum Gasteiger partial charge on any atom is 0.192 e. The van der Waals surface area contributed by atoms with Gasteiger partial charge in [0.25, 0.3) is 0 Å². The van der Waals surface area contributed by atoms with Gasteiger partial charge < -0.3 is 24.1 Å². The van der Waals surface area contributed by atoms with Crippen molar-refractivity contribution in [3.05, 3.63) is 57.3 Å². The van der Waals surface area contributed by atoms with Crippen molar-refractivity contribution in [3.63, 3.8) is 0 Å². The van der Waals surface area contributed by atoms with Crippen LogP contribution in [0.2, 0.25) is 0 Å². The van der Waals surface area contributed by atoms with Crippen LogP contribution in [0, 0.1) is 0 Å². The molecular formula is C23H33NO5S. The Morgan fingerprint density at radius 1 is 1.00 bits per heavy atom. The Morgan fingerprint density at radius 2 is 1.63 bits per heavy atom. The molecule has 1 aromatic carbocycles. The molecule has 0 amide bonds. The molecule has 1 aliphatic rings. The molecule has 30 heavy (non-hydrogen) atoms. The molecule has 0 saturated carbocycles. The van der Waals surface area contributed by atoms with Crippen LogP contribution in [0.25, 0.3) is 0 Å². The van der Waals surface area contributed by atoms with Crippen molar-refractivity contribution in [1.29, 1.82) is 0 Å². The molecule has 0 spiro atoms. The molecule has 1 aliphatic heterocycles. The van der Waals surface area contributed by atoms with Gasteiger partial charge in [-0.3, -0.25) is 4.90 Å². The van der Waals surface area contributed by atoms with Crippen LogP contribution >= 0.6 is 11.3 Å². The molecule has 2 aromatic rings. The van der Waals surface area contributed by atoms with Gasteiger partial charge in [-0.25, -0.2) is 0 Å². The second-order valence-corrected chi connectivity index (χ2v) is 8.86. The molecule has 1 N–H and O–H groups in total. The molecule has 1 aromatic heterocycles. The maximum absolute atomic E-state index is 11.6. The highest BCUT2D eigenvalue weighted by molar-refractivity contribution is 7.12. The summed E-state index contributed by atoms with van der Waals surface area (Å²) in [7, 11) is 6.51. The first kappa shape index (κ1) is 23.3. The minimum atomic E-state index is -0.880. The van der Waals surface area contributed by atoms with Crippen LogP contribution in [0.4, 0.5) is 0 Å². The first-order valence-corrected chi connectivity index (χ1v) is 11.1. The van der Waals surface area contributed by atoms with E-state index in [9.17, 15) is 5.11 Å². The van der Waals surface area contributed by atoms with Crippen LogP contribution in [-0.2, 0) is 37.5 Å². The lowest BCUT2D eigenvalue weighted by Crippen LogP contribution is -2.42. The molecule has 0 bridgehead atoms. The van der Waals surface area contributed by atoms with Crippen LogP contribution in [0.1, 0.15) is 40.0 Å². The van der Waals surface area contributed by atoms with Crippen molar-refractivity contribution in [3.8, 4) is 0 Å². The van der Waals surface area contributed by atoms with Gasteiger partial charge in [-0.15, -0.1) is 11.3 Å². The van der Waals surface area contributed by atoms with E-state index in [1.807, 2.05) is 12.1 Å². The third-order valence-corrected chi connectivity index (χ3v) is 6.98. The fourth-order valence-corrected chi connectivity index (χ4v) is 5.37. The van der Waals surface area contributed by atoms with Gasteiger partial charge in [-0.2, -0.15) is 0 Å². The number of aliphatic hydroxyl groups is 1. The fourth-order valence-electron chi connectivity index (χ4n) is 4.05. The first-order chi connectivity index (χ1) is 14.5. The van der Waals surface area contributed by atoms with E-state index < -0.39 is 11.9 Å². The SMILES string of the molecule is COC(Cc1sc(C(OC)OC)cc1C1(O)CCN(Cc2ccccc2)CC1)OC. The average molecular weight is 436 g/mol. The number of hydrogen-bond donors (Lipinski definition) is 1. The standard InChI is InChI=1S/C23H33NO5S/c1-26-21(27-2)15-19-18(14-20(30-19)22(28-3)29-4)23(25)10-12-24(13-11-23)16-17-8-6-5-7-9-17/h5-9,14,21-22,25H,10-13,15-16H2,1-4H3. The monoisotopic (exact) mass is 435 g/mol. The third-order valence-electron chi connectivity index (χ3n) is 5.80. The second-order valence-electron chi connectivity index (χ2n) is 7.69. The van der Waals surface area contributed by atoms with Gasteiger partial charge in [0.05, 0.1) is 10.5 Å². The minimum absolute atomic E-state index is 0.361. The highest BCUT2D eigenvalue weighted by Crippen LogP contribution is 2.41. The summed E-state index contributed by atoms with van der Waals surface area (Å²) in [5.74, 6) is 0. The van der Waals surface area contributed by atoms with E-state index in [0.717, 1.165) is 35.0 Å². The van der Waals surface area contributed by atoms with Crippen molar-refractivity contribution in [2.45, 2.75) is 44.0 Å². The lowest BCUT2D eigenvalue weighted by atomic mass is 9.83. The van der Waals surface area contributed by atoms with Crippen molar-refractivity contribution in [2.75, 3.05) is 41.5 Å². The van der Waals surface area contributed by atoms with E-state index in [4.69, 9.17) is 18.9 Å². The van der Waals surface area contributed by atoms with Gasteiger partial charge in [0.15, 0.2) is 12.6 Å². The summed E-state index contributed by atoms with van der Waals surface area (Å²) in [5, 5.41) is 11.6. The molecule has 0 atom stereocenters. The minimum Gasteiger partial charge on any atom is -0.385 e. The Morgan fingerprint density at radius 3 is 2.20 bits per heavy atom. The zero-order valence-corrected chi connectivity index (χ0v) is 19.1. The average Bonchev–Trinajstić information content (AvgIpc) is 3.20. The van der Waals surface area contributed by atoms with Crippen LogP contribution in [0.5, 0.6) is 0 Å². The molecule has 3 rings (SSSR count). The number of benzene rings is 1. The molecule has 1 saturated heterocycles. The number of thiophene rings is 1. The summed E-state index contributed by atoms with van der Waals surface area (Å²) in [5.41, 5.74) is 1.36. The quantitative estimate of drug-likeness (QED) is 0.575. The molecule has 0 radical (unpaired) electrons. The first-order valence-electron chi connectivity index (χ1n) is 10.3. The van der Waals surface area contributed by atoms with Crippen LogP contribution < -0.4 is 0 Å². The second kappa shape index (κ2) is 10.8. The number of rotatable bonds is 10. The number of nitrogens with zero attached hydrogens (tertiary/aromatic N) is 1. The Balaban J connectivity index is 1.78. The summed E-state index contributed by atoms with van der Waals surface area (Å²) in [6.07, 6.45) is 1.12. The lowest BCUT2D eigenvalue weighted by molar-refractivity contribution is -0.103. The summed E-state index contributed by atoms with van der Waals surface area (Å²) >= 11 is 1.59. The number of piperidine rings is 1. The van der Waals surface area contributed by atoms with Crippen molar-refractivity contribution < 1.29 is 24.1 Å².